The van der Waals surface area contributed by atoms with Crippen LogP contribution in [0.25, 0.3) is 33.1 Å². The third kappa shape index (κ3) is 8.04. The molecule has 1 aromatic heterocycles. The van der Waals surface area contributed by atoms with Gasteiger partial charge in [-0.15, -0.1) is 0 Å². The number of phenols is 3. The van der Waals surface area contributed by atoms with Crippen LogP contribution in [0.2, 0.25) is 0 Å². The Morgan fingerprint density at radius 3 is 2.09 bits per heavy atom. The van der Waals surface area contributed by atoms with Crippen molar-refractivity contribution in [1.29, 1.82) is 0 Å². The molecular formula is C47H56O20. The molecule has 1 aliphatic carbocycles. The molecule has 3 aromatic carbocycles. The lowest BCUT2D eigenvalue weighted by Gasteiger charge is -2.44. The molecule has 0 saturated carbocycles. The monoisotopic (exact) mass is 940 g/mol. The normalized spacial score (nSPS) is 34.0. The molecule has 0 radical (unpaired) electrons. The number of methoxy groups -OCH3 is 2. The maximum atomic E-state index is 14.6. The molecule has 4 aliphatic heterocycles. The van der Waals surface area contributed by atoms with Gasteiger partial charge in [0.05, 0.1) is 43.7 Å². The number of carbonyl (C=O) groups excluding carboxylic acids is 1. The molecule has 9 rings (SSSR count). The summed E-state index contributed by atoms with van der Waals surface area (Å²) in [6.45, 7) is 6.91. The highest BCUT2D eigenvalue weighted by Gasteiger charge is 2.47. The van der Waals surface area contributed by atoms with Gasteiger partial charge in [-0.05, 0) is 50.5 Å². The topological polar surface area (TPSA) is 292 Å². The molecule has 0 bridgehead atoms. The van der Waals surface area contributed by atoms with E-state index in [2.05, 4.69) is 0 Å². The highest BCUT2D eigenvalue weighted by molar-refractivity contribution is 6.07. The summed E-state index contributed by atoms with van der Waals surface area (Å²) in [5.41, 5.74) is -2.12. The Labute approximate surface area is 383 Å². The van der Waals surface area contributed by atoms with E-state index in [1.54, 1.807) is 20.8 Å². The minimum absolute atomic E-state index is 0.0163. The molecule has 20 nitrogen and oxygen atoms in total. The lowest BCUT2D eigenvalue weighted by atomic mass is 9.77. The van der Waals surface area contributed by atoms with Gasteiger partial charge in [0.15, 0.2) is 35.4 Å². The predicted octanol–water partition coefficient (Wildman–Crippen LogP) is 3.35. The number of phenolic OH excluding ortho intramolecular Hbond substituents is 3. The van der Waals surface area contributed by atoms with Crippen LogP contribution in [0, 0.1) is 0 Å². The van der Waals surface area contributed by atoms with Crippen LogP contribution in [0.4, 0.5) is 0 Å². The van der Waals surface area contributed by atoms with E-state index in [4.69, 9.17) is 47.0 Å². The smallest absolute Gasteiger partial charge is 0.342 e. The van der Waals surface area contributed by atoms with E-state index < -0.39 is 132 Å². The van der Waals surface area contributed by atoms with Crippen LogP contribution in [-0.2, 0) is 39.6 Å². The van der Waals surface area contributed by atoms with Crippen LogP contribution >= 0.6 is 0 Å². The molecule has 4 aromatic rings. The van der Waals surface area contributed by atoms with E-state index in [9.17, 15) is 50.4 Å². The van der Waals surface area contributed by atoms with E-state index in [-0.39, 0.29) is 76.2 Å². The lowest BCUT2D eigenvalue weighted by Crippen LogP contribution is -2.56. The van der Waals surface area contributed by atoms with Crippen molar-refractivity contribution in [2.75, 3.05) is 14.2 Å². The maximum absolute atomic E-state index is 14.6. The number of carbonyl (C=O) groups is 1. The van der Waals surface area contributed by atoms with Crippen LogP contribution in [0.1, 0.15) is 99.1 Å². The number of fused-ring (bicyclic) bond motifs is 6. The first kappa shape index (κ1) is 47.2. The van der Waals surface area contributed by atoms with Gasteiger partial charge in [0.1, 0.15) is 70.0 Å². The lowest BCUT2D eigenvalue weighted by molar-refractivity contribution is -0.328. The van der Waals surface area contributed by atoms with Crippen molar-refractivity contribution in [3.05, 3.63) is 50.7 Å². The number of rotatable bonds is 10. The van der Waals surface area contributed by atoms with Gasteiger partial charge < -0.3 is 87.9 Å². The third-order valence-corrected chi connectivity index (χ3v) is 13.7. The Hall–Kier alpha value is -4.84. The van der Waals surface area contributed by atoms with Gasteiger partial charge in [0.25, 0.3) is 0 Å². The average molecular weight is 941 g/mol. The zero-order chi connectivity index (χ0) is 47.9. The summed E-state index contributed by atoms with van der Waals surface area (Å²) in [4.78, 5) is 27.9. The first-order chi connectivity index (χ1) is 31.9. The molecular weight excluding hydrogens is 884 g/mol. The molecule has 3 saturated heterocycles. The first-order valence-corrected chi connectivity index (χ1v) is 22.5. The average Bonchev–Trinajstić information content (AvgIpc) is 3.27. The second-order valence-corrected chi connectivity index (χ2v) is 18.0. The number of hydrogen-bond acceptors (Lipinski definition) is 20. The summed E-state index contributed by atoms with van der Waals surface area (Å²) < 4.78 is 59.0. The van der Waals surface area contributed by atoms with Crippen molar-refractivity contribution in [2.45, 2.75) is 158 Å². The van der Waals surface area contributed by atoms with Gasteiger partial charge in [0, 0.05) is 49.5 Å². The van der Waals surface area contributed by atoms with Crippen LogP contribution in [-0.4, -0.2) is 141 Å². The van der Waals surface area contributed by atoms with Gasteiger partial charge in [-0.3, -0.25) is 4.79 Å². The molecule has 0 amide bonds. The molecule has 20 heteroatoms. The quantitative estimate of drug-likeness (QED) is 0.0835. The predicted molar refractivity (Wildman–Crippen MR) is 231 cm³/mol. The second-order valence-electron chi connectivity index (χ2n) is 18.0. The van der Waals surface area contributed by atoms with Gasteiger partial charge in [-0.25, -0.2) is 4.79 Å². The van der Waals surface area contributed by atoms with Crippen molar-refractivity contribution in [3.63, 3.8) is 0 Å². The number of aliphatic hydroxyl groups excluding tert-OH is 5. The van der Waals surface area contributed by atoms with Crippen LogP contribution < -0.4 is 14.9 Å². The Bertz CT molecular complexity index is 2600. The van der Waals surface area contributed by atoms with Gasteiger partial charge in [0.2, 0.25) is 11.7 Å². The van der Waals surface area contributed by atoms with Crippen LogP contribution in [0.5, 0.6) is 28.7 Å². The Morgan fingerprint density at radius 2 is 1.40 bits per heavy atom. The van der Waals surface area contributed by atoms with E-state index in [0.717, 1.165) is 6.42 Å². The molecule has 5 heterocycles. The van der Waals surface area contributed by atoms with E-state index in [0.29, 0.717) is 12.0 Å². The summed E-state index contributed by atoms with van der Waals surface area (Å²) in [5, 5.41) is 90.2. The number of aliphatic hydroxyl groups is 5. The minimum Gasteiger partial charge on any atom is -0.506 e. The van der Waals surface area contributed by atoms with Crippen molar-refractivity contribution < 1.29 is 92.7 Å². The standard InChI is InChI=1S/C47H56O20/c1-7-8-20-11-19-12-21-31(40(53)30(19)47(57)63-20)33-34(43(56)38(21)51)45(59-6)46-35(42(33)55)41(54)32-23(66-46)9-10-24(39(32)52)64-28-15-26(37(50)17(3)60-28)65-27-13-22(48)44(18(4)62-27)67-29-14-25(58-5)36(49)16(2)61-29/h9-10,12,16-18,20,22,25-29,36-38,43-44,48-53,55-56H,7-8,11,13-15H2,1-6H3/t16-,17-,18-,20?,22-,25-,26?,27+,28+,29+,36-,37-,38?,43?,44?/m1/s1. The molecule has 15 atom stereocenters. The summed E-state index contributed by atoms with van der Waals surface area (Å²) in [7, 11) is 2.70. The molecule has 67 heavy (non-hydrogen) atoms. The maximum Gasteiger partial charge on any atom is 0.342 e. The van der Waals surface area contributed by atoms with Crippen molar-refractivity contribution in [1.82, 2.24) is 0 Å². The fraction of sp³-hybridized carbons (Fsp3) is 0.574. The number of hydrogen-bond donors (Lipinski definition) is 8. The zero-order valence-corrected chi connectivity index (χ0v) is 37.6. The van der Waals surface area contributed by atoms with E-state index in [1.807, 2.05) is 6.92 Å². The fourth-order valence-electron chi connectivity index (χ4n) is 10.2. The van der Waals surface area contributed by atoms with Gasteiger partial charge in [-0.2, -0.15) is 0 Å². The Kier molecular flexibility index (Phi) is 12.9. The van der Waals surface area contributed by atoms with Crippen LogP contribution in [0.15, 0.2) is 27.4 Å². The van der Waals surface area contributed by atoms with Crippen molar-refractivity contribution in [3.8, 4) is 39.9 Å². The Morgan fingerprint density at radius 1 is 0.731 bits per heavy atom. The molecule has 364 valence electrons. The van der Waals surface area contributed by atoms with E-state index in [1.165, 1.54) is 32.4 Å². The Balaban J connectivity index is 0.994. The molecule has 0 spiro atoms. The molecule has 3 fully saturated rings. The fourth-order valence-corrected chi connectivity index (χ4v) is 10.2. The molecule has 5 unspecified atom stereocenters. The molecule has 5 aliphatic rings. The highest BCUT2D eigenvalue weighted by atomic mass is 16.7. The zero-order valence-electron chi connectivity index (χ0n) is 37.6. The second kappa shape index (κ2) is 18.2. The van der Waals surface area contributed by atoms with Crippen LogP contribution in [0.3, 0.4) is 0 Å². The van der Waals surface area contributed by atoms with Crippen molar-refractivity contribution >= 4 is 27.9 Å². The molecule has 8 N–H and O–H groups in total. The number of ether oxygens (including phenoxy) is 9. The van der Waals surface area contributed by atoms with Gasteiger partial charge >= 0.3 is 5.97 Å². The van der Waals surface area contributed by atoms with Crippen molar-refractivity contribution in [2.24, 2.45) is 0 Å². The summed E-state index contributed by atoms with van der Waals surface area (Å²) in [5.74, 6) is -3.49. The number of esters is 1. The SMILES string of the molecule is CCCC1Cc2cc3c(c(O)c2C(=O)O1)-c1c(c(OC)c2oc4ccc(O[C@H]5CC(O[C@H]6C[C@@H](O)C(O[C@H]7C[C@@H](OC)[C@H](O)[C@@H](C)O7)[C@@H](C)O6)[C@H](O)[C@@H](C)O5)c(O)c4c(=O)c2c1O)C(O)C3O. The third-order valence-electron chi connectivity index (χ3n) is 13.7. The minimum atomic E-state index is -1.77. The van der Waals surface area contributed by atoms with E-state index >= 15 is 0 Å². The first-order valence-electron chi connectivity index (χ1n) is 22.5. The number of aromatic hydroxyl groups is 3. The largest absolute Gasteiger partial charge is 0.506 e. The number of cyclic esters (lactones) is 1. The number of benzene rings is 3. The summed E-state index contributed by atoms with van der Waals surface area (Å²) in [6, 6.07) is 4.10. The summed E-state index contributed by atoms with van der Waals surface area (Å²) in [6.07, 6.45) is -12.8. The highest BCUT2D eigenvalue weighted by Crippen LogP contribution is 2.58. The van der Waals surface area contributed by atoms with Gasteiger partial charge in [-0.1, -0.05) is 19.4 Å². The summed E-state index contributed by atoms with van der Waals surface area (Å²) >= 11 is 0.